The summed E-state index contributed by atoms with van der Waals surface area (Å²) < 4.78 is 2.24. The minimum atomic E-state index is -0.437. The normalized spacial score (nSPS) is 14.2. The number of fused-ring (bicyclic) bond motifs is 3. The summed E-state index contributed by atoms with van der Waals surface area (Å²) in [5.41, 5.74) is 2.62. The molecule has 3 aromatic rings. The fourth-order valence-electron chi connectivity index (χ4n) is 4.26. The van der Waals surface area contributed by atoms with Crippen molar-refractivity contribution in [3.63, 3.8) is 0 Å². The molecule has 26 heavy (non-hydrogen) atoms. The van der Waals surface area contributed by atoms with Crippen LogP contribution in [-0.4, -0.2) is 27.9 Å². The molecule has 0 aliphatic rings. The summed E-state index contributed by atoms with van der Waals surface area (Å²) in [5.74, 6) is 0. The first-order valence-electron chi connectivity index (χ1n) is 9.55. The van der Waals surface area contributed by atoms with Crippen LogP contribution in [0.1, 0.15) is 41.0 Å². The van der Waals surface area contributed by atoms with E-state index in [4.69, 9.17) is 0 Å². The van der Waals surface area contributed by atoms with E-state index in [9.17, 15) is 5.11 Å². The monoisotopic (exact) mass is 352 g/mol. The number of hydrogen-bond donors (Lipinski definition) is 2. The number of aromatic nitrogens is 1. The van der Waals surface area contributed by atoms with Crippen molar-refractivity contribution >= 4 is 21.8 Å². The number of aliphatic hydroxyl groups excluding tert-OH is 1. The van der Waals surface area contributed by atoms with E-state index in [1.54, 1.807) is 0 Å². The second-order valence-corrected chi connectivity index (χ2v) is 9.30. The van der Waals surface area contributed by atoms with E-state index in [1.807, 2.05) is 0 Å². The first-order valence-corrected chi connectivity index (χ1v) is 9.55. The molecule has 140 valence electrons. The van der Waals surface area contributed by atoms with Crippen LogP contribution < -0.4 is 5.32 Å². The van der Waals surface area contributed by atoms with Gasteiger partial charge in [0.05, 0.1) is 12.6 Å². The van der Waals surface area contributed by atoms with E-state index in [0.717, 1.165) is 6.42 Å². The Balaban J connectivity index is 1.78. The summed E-state index contributed by atoms with van der Waals surface area (Å²) >= 11 is 0. The first kappa shape index (κ1) is 18.9. The number of para-hydroxylation sites is 2. The van der Waals surface area contributed by atoms with Gasteiger partial charge in [-0.15, -0.1) is 0 Å². The van der Waals surface area contributed by atoms with Crippen LogP contribution in [0.15, 0.2) is 48.5 Å². The highest BCUT2D eigenvalue weighted by Gasteiger charge is 2.25. The molecule has 0 aliphatic heterocycles. The Morgan fingerprint density at radius 2 is 1.38 bits per heavy atom. The van der Waals surface area contributed by atoms with Gasteiger partial charge in [-0.25, -0.2) is 0 Å². The lowest BCUT2D eigenvalue weighted by atomic mass is 9.82. The number of nitrogens with zero attached hydrogens (tertiary/aromatic N) is 1. The number of nitrogens with one attached hydrogen (secondary N) is 1. The fourth-order valence-corrected chi connectivity index (χ4v) is 4.26. The van der Waals surface area contributed by atoms with Gasteiger partial charge in [0, 0.05) is 33.9 Å². The molecular formula is C23H32N2O. The zero-order chi connectivity index (χ0) is 18.9. The maximum Gasteiger partial charge on any atom is 0.0843 e. The molecule has 1 atom stereocenters. The van der Waals surface area contributed by atoms with Gasteiger partial charge >= 0.3 is 0 Å². The van der Waals surface area contributed by atoms with Crippen molar-refractivity contribution in [1.29, 1.82) is 0 Å². The van der Waals surface area contributed by atoms with Crippen molar-refractivity contribution in [1.82, 2.24) is 9.88 Å². The van der Waals surface area contributed by atoms with Crippen LogP contribution in [-0.2, 0) is 6.54 Å². The molecule has 0 aliphatic carbocycles. The van der Waals surface area contributed by atoms with Gasteiger partial charge in [-0.2, -0.15) is 0 Å². The zero-order valence-corrected chi connectivity index (χ0v) is 16.7. The van der Waals surface area contributed by atoms with E-state index >= 15 is 0 Å². The maximum absolute atomic E-state index is 10.7. The van der Waals surface area contributed by atoms with Gasteiger partial charge in [-0.05, 0) is 37.8 Å². The molecule has 0 unspecified atom stereocenters. The number of hydrogen-bond acceptors (Lipinski definition) is 2. The maximum atomic E-state index is 10.7. The van der Waals surface area contributed by atoms with Gasteiger partial charge in [0.25, 0.3) is 0 Å². The molecule has 2 N–H and O–H groups in total. The highest BCUT2D eigenvalue weighted by atomic mass is 16.3. The van der Waals surface area contributed by atoms with Gasteiger partial charge in [-0.3, -0.25) is 0 Å². The Kier molecular flexibility index (Phi) is 5.14. The van der Waals surface area contributed by atoms with Gasteiger partial charge in [0.2, 0.25) is 0 Å². The standard InChI is InChI=1S/C23H32N2O/c1-22(2,3)16-23(4,5)24-14-17(26)15-25-20-12-8-6-10-18(20)19-11-7-9-13-21(19)25/h6-13,17,24,26H,14-16H2,1-5H3/t17-/m0/s1. The van der Waals surface area contributed by atoms with Crippen LogP contribution in [0.25, 0.3) is 21.8 Å². The van der Waals surface area contributed by atoms with Crippen molar-refractivity contribution in [2.24, 2.45) is 5.41 Å². The summed E-state index contributed by atoms with van der Waals surface area (Å²) in [6, 6.07) is 16.9. The second-order valence-electron chi connectivity index (χ2n) is 9.30. The minimum Gasteiger partial charge on any atom is -0.390 e. The molecule has 3 rings (SSSR count). The third kappa shape index (κ3) is 4.28. The highest BCUT2D eigenvalue weighted by molar-refractivity contribution is 6.07. The number of β-amino-alcohol motifs (C(OH)–C–C–N with tert-alkyl or cyclic N) is 1. The smallest absolute Gasteiger partial charge is 0.0843 e. The lowest BCUT2D eigenvalue weighted by molar-refractivity contribution is 0.133. The highest BCUT2D eigenvalue weighted by Crippen LogP contribution is 2.29. The van der Waals surface area contributed by atoms with Crippen LogP contribution in [0.5, 0.6) is 0 Å². The minimum absolute atomic E-state index is 0.0000534. The molecule has 2 aromatic carbocycles. The van der Waals surface area contributed by atoms with E-state index in [2.05, 4.69) is 93.0 Å². The molecule has 0 saturated heterocycles. The summed E-state index contributed by atoms with van der Waals surface area (Å²) in [6.45, 7) is 12.4. The van der Waals surface area contributed by atoms with Gasteiger partial charge in [0.1, 0.15) is 0 Å². The topological polar surface area (TPSA) is 37.2 Å². The Morgan fingerprint density at radius 1 is 0.885 bits per heavy atom. The molecule has 3 nitrogen and oxygen atoms in total. The lowest BCUT2D eigenvalue weighted by Gasteiger charge is -2.34. The molecule has 0 amide bonds. The second kappa shape index (κ2) is 7.05. The largest absolute Gasteiger partial charge is 0.390 e. The molecule has 3 heteroatoms. The van der Waals surface area contributed by atoms with Crippen LogP contribution in [0.4, 0.5) is 0 Å². The summed E-state index contributed by atoms with van der Waals surface area (Å²) in [6.07, 6.45) is 0.621. The van der Waals surface area contributed by atoms with E-state index in [1.165, 1.54) is 21.8 Å². The predicted octanol–water partition coefficient (Wildman–Crippen LogP) is 4.96. The summed E-state index contributed by atoms with van der Waals surface area (Å²) in [5, 5.41) is 16.8. The van der Waals surface area contributed by atoms with E-state index in [-0.39, 0.29) is 11.0 Å². The third-order valence-corrected chi connectivity index (χ3v) is 4.86. The molecule has 0 bridgehead atoms. The van der Waals surface area contributed by atoms with Gasteiger partial charge in [0.15, 0.2) is 0 Å². The van der Waals surface area contributed by atoms with Crippen molar-refractivity contribution in [2.75, 3.05) is 6.54 Å². The number of benzene rings is 2. The summed E-state index contributed by atoms with van der Waals surface area (Å²) in [7, 11) is 0. The SMILES string of the molecule is CC(C)(C)CC(C)(C)NC[C@H](O)Cn1c2ccccc2c2ccccc21. The van der Waals surface area contributed by atoms with E-state index in [0.29, 0.717) is 13.1 Å². The molecule has 1 heterocycles. The molecule has 0 radical (unpaired) electrons. The van der Waals surface area contributed by atoms with Crippen LogP contribution in [0, 0.1) is 5.41 Å². The molecule has 0 spiro atoms. The zero-order valence-electron chi connectivity index (χ0n) is 16.7. The first-order chi connectivity index (χ1) is 12.2. The van der Waals surface area contributed by atoms with Gasteiger partial charge < -0.3 is 15.0 Å². The van der Waals surface area contributed by atoms with Crippen LogP contribution >= 0.6 is 0 Å². The van der Waals surface area contributed by atoms with Crippen molar-refractivity contribution < 1.29 is 5.11 Å². The molecule has 0 saturated carbocycles. The van der Waals surface area contributed by atoms with Crippen LogP contribution in [0.3, 0.4) is 0 Å². The average molecular weight is 353 g/mol. The Bertz CT molecular complexity index is 833. The molecular weight excluding hydrogens is 320 g/mol. The van der Waals surface area contributed by atoms with Crippen molar-refractivity contribution in [2.45, 2.75) is 59.2 Å². The van der Waals surface area contributed by atoms with E-state index < -0.39 is 6.10 Å². The van der Waals surface area contributed by atoms with Crippen LogP contribution in [0.2, 0.25) is 0 Å². The number of rotatable bonds is 6. The molecule has 0 fully saturated rings. The average Bonchev–Trinajstić information content (AvgIpc) is 2.86. The Labute approximate surface area is 157 Å². The Morgan fingerprint density at radius 3 is 1.88 bits per heavy atom. The van der Waals surface area contributed by atoms with Crippen molar-refractivity contribution in [3.8, 4) is 0 Å². The third-order valence-electron chi connectivity index (χ3n) is 4.86. The number of aliphatic hydroxyl groups is 1. The fraction of sp³-hybridized carbons (Fsp3) is 0.478. The summed E-state index contributed by atoms with van der Waals surface area (Å²) in [4.78, 5) is 0. The molecule has 1 aromatic heterocycles. The quantitative estimate of drug-likeness (QED) is 0.658. The van der Waals surface area contributed by atoms with Gasteiger partial charge in [-0.1, -0.05) is 57.2 Å². The van der Waals surface area contributed by atoms with Crippen molar-refractivity contribution in [3.05, 3.63) is 48.5 Å². The lowest BCUT2D eigenvalue weighted by Crippen LogP contribution is -2.46. The Hall–Kier alpha value is -1.84. The predicted molar refractivity (Wildman–Crippen MR) is 112 cm³/mol.